The van der Waals surface area contributed by atoms with E-state index in [0.717, 1.165) is 0 Å². The monoisotopic (exact) mass is 304 g/mol. The fraction of sp³-hybridized carbons (Fsp3) is 0.636. The van der Waals surface area contributed by atoms with Gasteiger partial charge >= 0.3 is 5.97 Å². The average molecular weight is 304 g/mol. The summed E-state index contributed by atoms with van der Waals surface area (Å²) in [5, 5.41) is 24.0. The standard InChI is InChI=1S/C11H20N4O6/c1-5(12)9(18)13-3-8(17)14-6(2)10(19)15-7(4-16)11(20)21/h5-7,16H,3-4,12H2,1-2H3,(H,13,18)(H,14,17)(H,15,19)(H,20,21)/t5-,6-,7-/m0/s1. The van der Waals surface area contributed by atoms with Crippen molar-refractivity contribution < 1.29 is 29.4 Å². The number of carboxylic acids is 1. The van der Waals surface area contributed by atoms with E-state index >= 15 is 0 Å². The van der Waals surface area contributed by atoms with Crippen LogP contribution >= 0.6 is 0 Å². The van der Waals surface area contributed by atoms with E-state index in [1.807, 2.05) is 5.32 Å². The molecule has 120 valence electrons. The molecule has 0 aliphatic heterocycles. The number of carbonyl (C=O) groups is 4. The third-order valence-electron chi connectivity index (χ3n) is 2.40. The number of hydrogen-bond donors (Lipinski definition) is 6. The van der Waals surface area contributed by atoms with Crippen LogP contribution in [-0.2, 0) is 19.2 Å². The fourth-order valence-corrected chi connectivity index (χ4v) is 1.17. The second-order valence-electron chi connectivity index (χ2n) is 4.38. The van der Waals surface area contributed by atoms with E-state index in [9.17, 15) is 19.2 Å². The van der Waals surface area contributed by atoms with E-state index in [1.54, 1.807) is 0 Å². The zero-order chi connectivity index (χ0) is 16.6. The van der Waals surface area contributed by atoms with Gasteiger partial charge < -0.3 is 31.9 Å². The molecule has 0 rings (SSSR count). The van der Waals surface area contributed by atoms with Crippen LogP contribution in [0.25, 0.3) is 0 Å². The maximum Gasteiger partial charge on any atom is 0.328 e. The highest BCUT2D eigenvalue weighted by Gasteiger charge is 2.23. The third-order valence-corrected chi connectivity index (χ3v) is 2.40. The molecule has 0 fully saturated rings. The highest BCUT2D eigenvalue weighted by Crippen LogP contribution is 1.88. The molecule has 0 aromatic heterocycles. The molecule has 0 aliphatic carbocycles. The van der Waals surface area contributed by atoms with Gasteiger partial charge in [-0.1, -0.05) is 0 Å². The van der Waals surface area contributed by atoms with Crippen molar-refractivity contribution in [3.8, 4) is 0 Å². The van der Waals surface area contributed by atoms with Gasteiger partial charge in [0.2, 0.25) is 17.7 Å². The number of carbonyl (C=O) groups excluding carboxylic acids is 3. The van der Waals surface area contributed by atoms with Gasteiger partial charge in [-0.05, 0) is 13.8 Å². The molecule has 0 heterocycles. The number of carboxylic acid groups (broad SMARTS) is 1. The molecular formula is C11H20N4O6. The minimum absolute atomic E-state index is 0.361. The zero-order valence-corrected chi connectivity index (χ0v) is 11.8. The first-order valence-electron chi connectivity index (χ1n) is 6.15. The largest absolute Gasteiger partial charge is 0.480 e. The fourth-order valence-electron chi connectivity index (χ4n) is 1.17. The van der Waals surface area contributed by atoms with Crippen molar-refractivity contribution in [3.05, 3.63) is 0 Å². The van der Waals surface area contributed by atoms with E-state index in [0.29, 0.717) is 0 Å². The van der Waals surface area contributed by atoms with Gasteiger partial charge in [0, 0.05) is 0 Å². The summed E-state index contributed by atoms with van der Waals surface area (Å²) in [6, 6.07) is -3.24. The lowest BCUT2D eigenvalue weighted by atomic mass is 10.2. The van der Waals surface area contributed by atoms with E-state index in [2.05, 4.69) is 10.6 Å². The van der Waals surface area contributed by atoms with Gasteiger partial charge in [0.25, 0.3) is 0 Å². The minimum Gasteiger partial charge on any atom is -0.480 e. The van der Waals surface area contributed by atoms with E-state index < -0.39 is 48.4 Å². The number of hydrogen-bond acceptors (Lipinski definition) is 6. The van der Waals surface area contributed by atoms with Crippen LogP contribution in [0.15, 0.2) is 0 Å². The summed E-state index contributed by atoms with van der Waals surface area (Å²) in [5.41, 5.74) is 5.28. The summed E-state index contributed by atoms with van der Waals surface area (Å²) in [6.07, 6.45) is 0. The molecule has 3 atom stereocenters. The number of rotatable bonds is 8. The molecule has 3 amide bonds. The molecule has 0 spiro atoms. The Labute approximate surface area is 121 Å². The molecule has 21 heavy (non-hydrogen) atoms. The van der Waals surface area contributed by atoms with Crippen molar-refractivity contribution in [3.63, 3.8) is 0 Å². The summed E-state index contributed by atoms with van der Waals surface area (Å²) in [6.45, 7) is 1.65. The quantitative estimate of drug-likeness (QED) is 0.270. The molecular weight excluding hydrogens is 284 g/mol. The smallest absolute Gasteiger partial charge is 0.328 e. The number of nitrogens with two attached hydrogens (primary N) is 1. The first kappa shape index (κ1) is 18.8. The van der Waals surface area contributed by atoms with Crippen molar-refractivity contribution in [2.45, 2.75) is 32.0 Å². The topological polar surface area (TPSA) is 171 Å². The Morgan fingerprint density at radius 3 is 2.10 bits per heavy atom. The Morgan fingerprint density at radius 1 is 1.10 bits per heavy atom. The van der Waals surface area contributed by atoms with Crippen molar-refractivity contribution in [1.29, 1.82) is 0 Å². The molecule has 0 radical (unpaired) electrons. The van der Waals surface area contributed by atoms with E-state index in [4.69, 9.17) is 15.9 Å². The summed E-state index contributed by atoms with van der Waals surface area (Å²) in [4.78, 5) is 44.8. The van der Waals surface area contributed by atoms with Gasteiger partial charge in [-0.3, -0.25) is 14.4 Å². The summed E-state index contributed by atoms with van der Waals surface area (Å²) in [7, 11) is 0. The van der Waals surface area contributed by atoms with E-state index in [-0.39, 0.29) is 6.54 Å². The Kier molecular flexibility index (Phi) is 7.94. The number of aliphatic hydroxyl groups is 1. The van der Waals surface area contributed by atoms with Gasteiger partial charge in [0.15, 0.2) is 0 Å². The molecule has 10 heteroatoms. The van der Waals surface area contributed by atoms with Crippen molar-refractivity contribution >= 4 is 23.7 Å². The van der Waals surface area contributed by atoms with Crippen molar-refractivity contribution in [2.24, 2.45) is 5.73 Å². The molecule has 0 saturated carbocycles. The van der Waals surface area contributed by atoms with Crippen LogP contribution in [0.2, 0.25) is 0 Å². The SMILES string of the molecule is C[C@H](N)C(=O)NCC(=O)N[C@@H](C)C(=O)N[C@@H](CO)C(=O)O. The number of aliphatic hydroxyl groups excluding tert-OH is 1. The minimum atomic E-state index is -1.45. The molecule has 0 unspecified atom stereocenters. The number of aliphatic carboxylic acids is 1. The lowest BCUT2D eigenvalue weighted by Crippen LogP contribution is -2.53. The molecule has 0 aliphatic rings. The van der Waals surface area contributed by atoms with Crippen LogP contribution in [0.5, 0.6) is 0 Å². The molecule has 0 aromatic carbocycles. The second kappa shape index (κ2) is 8.87. The van der Waals surface area contributed by atoms with Gasteiger partial charge in [-0.25, -0.2) is 4.79 Å². The first-order chi connectivity index (χ1) is 9.68. The van der Waals surface area contributed by atoms with Gasteiger partial charge in [-0.2, -0.15) is 0 Å². The maximum absolute atomic E-state index is 11.6. The van der Waals surface area contributed by atoms with Gasteiger partial charge in [-0.15, -0.1) is 0 Å². The van der Waals surface area contributed by atoms with Crippen LogP contribution in [0.4, 0.5) is 0 Å². The average Bonchev–Trinajstić information content (AvgIpc) is 2.40. The number of nitrogens with one attached hydrogen (secondary N) is 3. The first-order valence-corrected chi connectivity index (χ1v) is 6.15. The maximum atomic E-state index is 11.6. The Balaban J connectivity index is 4.25. The lowest BCUT2D eigenvalue weighted by molar-refractivity contribution is -0.143. The summed E-state index contributed by atoms with van der Waals surface area (Å²) in [5.74, 6) is -3.33. The van der Waals surface area contributed by atoms with Crippen LogP contribution in [0, 0.1) is 0 Å². The predicted octanol–water partition coefficient (Wildman–Crippen LogP) is -3.48. The number of amides is 3. The molecule has 0 bridgehead atoms. The van der Waals surface area contributed by atoms with E-state index in [1.165, 1.54) is 13.8 Å². The predicted molar refractivity (Wildman–Crippen MR) is 70.9 cm³/mol. The highest BCUT2D eigenvalue weighted by molar-refractivity contribution is 5.92. The molecule has 7 N–H and O–H groups in total. The van der Waals surface area contributed by atoms with Crippen molar-refractivity contribution in [2.75, 3.05) is 13.2 Å². The van der Waals surface area contributed by atoms with Crippen LogP contribution in [-0.4, -0.2) is 65.2 Å². The normalized spacial score (nSPS) is 14.5. The second-order valence-corrected chi connectivity index (χ2v) is 4.38. The lowest BCUT2D eigenvalue weighted by Gasteiger charge is -2.17. The van der Waals surface area contributed by atoms with Crippen molar-refractivity contribution in [1.82, 2.24) is 16.0 Å². The highest BCUT2D eigenvalue weighted by atomic mass is 16.4. The van der Waals surface area contributed by atoms with Gasteiger partial charge in [0.05, 0.1) is 19.2 Å². The zero-order valence-electron chi connectivity index (χ0n) is 11.8. The molecule has 0 aromatic rings. The molecule has 0 saturated heterocycles. The van der Waals surface area contributed by atoms with Crippen LogP contribution in [0.3, 0.4) is 0 Å². The van der Waals surface area contributed by atoms with Crippen LogP contribution in [0.1, 0.15) is 13.8 Å². The third kappa shape index (κ3) is 7.22. The molecule has 10 nitrogen and oxygen atoms in total. The summed E-state index contributed by atoms with van der Waals surface area (Å²) < 4.78 is 0. The Bertz CT molecular complexity index is 412. The Hall–Kier alpha value is -2.20. The van der Waals surface area contributed by atoms with Crippen LogP contribution < -0.4 is 21.7 Å². The summed E-state index contributed by atoms with van der Waals surface area (Å²) >= 11 is 0. The Morgan fingerprint density at radius 2 is 1.67 bits per heavy atom. The van der Waals surface area contributed by atoms with Gasteiger partial charge in [0.1, 0.15) is 12.1 Å².